The maximum atomic E-state index is 10.5. The standard InChI is InChI=1S/C19H23ClN2O2/c1-24-18-4-2-3-15(13-18)19(23)14-21-9-11-22(12-10-21)17-7-5-16(20)6-8-17/h2-8,13,19,23H,9-12,14H2,1H3/t19-/m1/s1. The molecule has 1 fully saturated rings. The van der Waals surface area contributed by atoms with E-state index in [9.17, 15) is 5.11 Å². The van der Waals surface area contributed by atoms with Crippen LogP contribution >= 0.6 is 11.6 Å². The van der Waals surface area contributed by atoms with Gasteiger partial charge < -0.3 is 14.7 Å². The number of rotatable bonds is 5. The van der Waals surface area contributed by atoms with Gasteiger partial charge in [-0.2, -0.15) is 0 Å². The maximum Gasteiger partial charge on any atom is 0.119 e. The zero-order valence-corrected chi connectivity index (χ0v) is 14.6. The molecule has 1 aliphatic heterocycles. The van der Waals surface area contributed by atoms with Crippen molar-refractivity contribution in [1.29, 1.82) is 0 Å². The van der Waals surface area contributed by atoms with Crippen LogP contribution in [0.2, 0.25) is 5.02 Å². The van der Waals surface area contributed by atoms with Crippen molar-refractivity contribution in [3.8, 4) is 5.75 Å². The Kier molecular flexibility index (Phi) is 5.61. The summed E-state index contributed by atoms with van der Waals surface area (Å²) in [4.78, 5) is 4.65. The lowest BCUT2D eigenvalue weighted by molar-refractivity contribution is 0.109. The summed E-state index contributed by atoms with van der Waals surface area (Å²) >= 11 is 5.95. The molecule has 2 aromatic carbocycles. The van der Waals surface area contributed by atoms with Crippen molar-refractivity contribution in [2.75, 3.05) is 44.7 Å². The molecule has 0 saturated carbocycles. The minimum atomic E-state index is -0.498. The monoisotopic (exact) mass is 346 g/mol. The highest BCUT2D eigenvalue weighted by Crippen LogP contribution is 2.22. The number of ether oxygens (including phenoxy) is 1. The average Bonchev–Trinajstić information content (AvgIpc) is 2.63. The molecule has 2 aromatic rings. The van der Waals surface area contributed by atoms with Crippen LogP contribution < -0.4 is 9.64 Å². The number of nitrogens with zero attached hydrogens (tertiary/aromatic N) is 2. The highest BCUT2D eigenvalue weighted by atomic mass is 35.5. The lowest BCUT2D eigenvalue weighted by Gasteiger charge is -2.37. The lowest BCUT2D eigenvalue weighted by Crippen LogP contribution is -2.47. The van der Waals surface area contributed by atoms with Crippen LogP contribution in [0.4, 0.5) is 5.69 Å². The first-order valence-electron chi connectivity index (χ1n) is 8.20. The van der Waals surface area contributed by atoms with Crippen molar-refractivity contribution in [3.05, 3.63) is 59.1 Å². The molecule has 0 spiro atoms. The molecule has 5 heteroatoms. The molecule has 0 radical (unpaired) electrons. The summed E-state index contributed by atoms with van der Waals surface area (Å²) in [6.07, 6.45) is -0.498. The van der Waals surface area contributed by atoms with E-state index in [0.717, 1.165) is 42.5 Å². The fraction of sp³-hybridized carbons (Fsp3) is 0.368. The topological polar surface area (TPSA) is 35.9 Å². The van der Waals surface area contributed by atoms with Gasteiger partial charge >= 0.3 is 0 Å². The van der Waals surface area contributed by atoms with Gasteiger partial charge in [-0.05, 0) is 42.0 Å². The Hall–Kier alpha value is -1.75. The maximum absolute atomic E-state index is 10.5. The fourth-order valence-electron chi connectivity index (χ4n) is 3.04. The third kappa shape index (κ3) is 4.20. The first-order valence-corrected chi connectivity index (χ1v) is 8.58. The van der Waals surface area contributed by atoms with Crippen LogP contribution in [0.3, 0.4) is 0 Å². The second-order valence-corrected chi connectivity index (χ2v) is 6.49. The third-order valence-electron chi connectivity index (χ3n) is 4.47. The number of methoxy groups -OCH3 is 1. The van der Waals surface area contributed by atoms with Gasteiger partial charge in [-0.1, -0.05) is 23.7 Å². The van der Waals surface area contributed by atoms with Gasteiger partial charge in [0.05, 0.1) is 13.2 Å². The number of halogens is 1. The molecular weight excluding hydrogens is 324 g/mol. The predicted octanol–water partition coefficient (Wildman–Crippen LogP) is 3.20. The minimum absolute atomic E-state index is 0.498. The Labute approximate surface area is 148 Å². The molecule has 0 bridgehead atoms. The lowest BCUT2D eigenvalue weighted by atomic mass is 10.1. The highest BCUT2D eigenvalue weighted by molar-refractivity contribution is 6.30. The van der Waals surface area contributed by atoms with Crippen molar-refractivity contribution in [3.63, 3.8) is 0 Å². The molecule has 1 aliphatic rings. The number of aliphatic hydroxyl groups is 1. The van der Waals surface area contributed by atoms with E-state index in [4.69, 9.17) is 16.3 Å². The summed E-state index contributed by atoms with van der Waals surface area (Å²) in [5.41, 5.74) is 2.10. The fourth-order valence-corrected chi connectivity index (χ4v) is 3.17. The van der Waals surface area contributed by atoms with E-state index in [0.29, 0.717) is 6.54 Å². The Morgan fingerprint density at radius 2 is 1.79 bits per heavy atom. The molecule has 1 heterocycles. The number of anilines is 1. The second kappa shape index (κ2) is 7.88. The quantitative estimate of drug-likeness (QED) is 0.902. The third-order valence-corrected chi connectivity index (χ3v) is 4.73. The zero-order chi connectivity index (χ0) is 16.9. The van der Waals surface area contributed by atoms with E-state index < -0.39 is 6.10 Å². The van der Waals surface area contributed by atoms with Crippen LogP contribution in [0.1, 0.15) is 11.7 Å². The number of aliphatic hydroxyl groups excluding tert-OH is 1. The Balaban J connectivity index is 1.54. The highest BCUT2D eigenvalue weighted by Gasteiger charge is 2.20. The van der Waals surface area contributed by atoms with Gasteiger partial charge in [-0.25, -0.2) is 0 Å². The summed E-state index contributed by atoms with van der Waals surface area (Å²) in [6, 6.07) is 15.6. The molecule has 128 valence electrons. The van der Waals surface area contributed by atoms with Crippen LogP contribution in [0.15, 0.2) is 48.5 Å². The van der Waals surface area contributed by atoms with Crippen molar-refractivity contribution in [1.82, 2.24) is 4.90 Å². The Morgan fingerprint density at radius 1 is 1.08 bits per heavy atom. The van der Waals surface area contributed by atoms with Gasteiger partial charge in [0.25, 0.3) is 0 Å². The predicted molar refractivity (Wildman–Crippen MR) is 98.1 cm³/mol. The SMILES string of the molecule is COc1cccc([C@H](O)CN2CCN(c3ccc(Cl)cc3)CC2)c1. The summed E-state index contributed by atoms with van der Waals surface area (Å²) in [7, 11) is 1.64. The Morgan fingerprint density at radius 3 is 2.46 bits per heavy atom. The van der Waals surface area contributed by atoms with Gasteiger partial charge in [0, 0.05) is 43.4 Å². The van der Waals surface area contributed by atoms with Gasteiger partial charge in [-0.3, -0.25) is 4.90 Å². The number of hydrogen-bond donors (Lipinski definition) is 1. The summed E-state index contributed by atoms with van der Waals surface area (Å²) < 4.78 is 5.23. The molecule has 0 amide bonds. The van der Waals surface area contributed by atoms with Crippen LogP contribution in [-0.2, 0) is 0 Å². The minimum Gasteiger partial charge on any atom is -0.497 e. The van der Waals surface area contributed by atoms with Gasteiger partial charge in [0.1, 0.15) is 5.75 Å². The van der Waals surface area contributed by atoms with Crippen molar-refractivity contribution in [2.45, 2.75) is 6.10 Å². The molecule has 4 nitrogen and oxygen atoms in total. The summed E-state index contributed by atoms with van der Waals surface area (Å²) in [5.74, 6) is 0.777. The largest absolute Gasteiger partial charge is 0.497 e. The van der Waals surface area contributed by atoms with Gasteiger partial charge in [0.15, 0.2) is 0 Å². The first kappa shape index (κ1) is 17.1. The second-order valence-electron chi connectivity index (χ2n) is 6.06. The van der Waals surface area contributed by atoms with E-state index in [2.05, 4.69) is 21.9 Å². The smallest absolute Gasteiger partial charge is 0.119 e. The molecule has 3 rings (SSSR count). The molecule has 24 heavy (non-hydrogen) atoms. The molecule has 1 N–H and O–H groups in total. The number of piperazine rings is 1. The number of benzene rings is 2. The van der Waals surface area contributed by atoms with Gasteiger partial charge in [-0.15, -0.1) is 0 Å². The normalized spacial score (nSPS) is 16.9. The van der Waals surface area contributed by atoms with E-state index in [-0.39, 0.29) is 0 Å². The molecule has 0 aliphatic carbocycles. The molecule has 1 atom stereocenters. The zero-order valence-electron chi connectivity index (χ0n) is 13.9. The van der Waals surface area contributed by atoms with Crippen LogP contribution in [-0.4, -0.2) is 49.8 Å². The molecular formula is C19H23ClN2O2. The van der Waals surface area contributed by atoms with Crippen LogP contribution in [0.5, 0.6) is 5.75 Å². The summed E-state index contributed by atoms with van der Waals surface area (Å²) in [5, 5.41) is 11.2. The first-order chi connectivity index (χ1) is 11.7. The molecule has 1 saturated heterocycles. The number of hydrogen-bond acceptors (Lipinski definition) is 4. The van der Waals surface area contributed by atoms with E-state index in [1.165, 1.54) is 5.69 Å². The average molecular weight is 347 g/mol. The molecule has 0 unspecified atom stereocenters. The van der Waals surface area contributed by atoms with Crippen molar-refractivity contribution >= 4 is 17.3 Å². The van der Waals surface area contributed by atoms with Crippen molar-refractivity contribution in [2.24, 2.45) is 0 Å². The van der Waals surface area contributed by atoms with E-state index in [1.807, 2.05) is 36.4 Å². The Bertz CT molecular complexity index is 655. The number of β-amino-alcohol motifs (C(OH)–C–C–N with tert-alkyl or cyclic N) is 1. The van der Waals surface area contributed by atoms with E-state index >= 15 is 0 Å². The van der Waals surface area contributed by atoms with Crippen molar-refractivity contribution < 1.29 is 9.84 Å². The van der Waals surface area contributed by atoms with E-state index in [1.54, 1.807) is 7.11 Å². The molecule has 0 aromatic heterocycles. The van der Waals surface area contributed by atoms with Crippen LogP contribution in [0.25, 0.3) is 0 Å². The van der Waals surface area contributed by atoms with Gasteiger partial charge in [0.2, 0.25) is 0 Å². The van der Waals surface area contributed by atoms with Crippen LogP contribution in [0, 0.1) is 0 Å². The summed E-state index contributed by atoms with van der Waals surface area (Å²) in [6.45, 7) is 4.41.